The minimum Gasteiger partial charge on any atom is -0.377 e. The Bertz CT molecular complexity index is 995. The first kappa shape index (κ1) is 18.5. The van der Waals surface area contributed by atoms with Crippen LogP contribution in [-0.2, 0) is 0 Å². The molecular weight excluding hydrogens is 428 g/mol. The van der Waals surface area contributed by atoms with Crippen LogP contribution in [0.4, 0.5) is 11.5 Å². The molecule has 0 aliphatic carbocycles. The van der Waals surface area contributed by atoms with Gasteiger partial charge in [0.2, 0.25) is 0 Å². The number of benzene rings is 1. The highest BCUT2D eigenvalue weighted by Crippen LogP contribution is 2.45. The van der Waals surface area contributed by atoms with Crippen LogP contribution in [0.15, 0.2) is 41.1 Å². The second-order valence-electron chi connectivity index (χ2n) is 7.27. The van der Waals surface area contributed by atoms with Crippen LogP contribution in [-0.4, -0.2) is 33.2 Å². The van der Waals surface area contributed by atoms with Crippen LogP contribution in [0, 0.1) is 6.92 Å². The van der Waals surface area contributed by atoms with Gasteiger partial charge in [0.1, 0.15) is 10.1 Å². The molecular formula is C19H22BrClN6. The molecule has 3 aromatic rings. The number of anilines is 2. The Hall–Kier alpha value is -1.83. The average molecular weight is 450 g/mol. The smallest absolute Gasteiger partial charge is 0.155 e. The van der Waals surface area contributed by atoms with Crippen molar-refractivity contribution in [1.82, 2.24) is 14.6 Å². The topological polar surface area (TPSA) is 71.5 Å². The first-order valence-electron chi connectivity index (χ1n) is 8.96. The molecule has 0 amide bonds. The second kappa shape index (κ2) is 6.65. The van der Waals surface area contributed by atoms with Crippen LogP contribution in [0.2, 0.25) is 0 Å². The number of nitrogens with two attached hydrogens (primary N) is 1. The molecule has 27 heavy (non-hydrogen) atoms. The molecule has 1 aromatic carbocycles. The molecule has 0 bridgehead atoms. The zero-order valence-corrected chi connectivity index (χ0v) is 17.4. The standard InChI is InChI=1S/C19H21BrN6.ClH/c1-12-17(20)26-15(6-9-22-26)18(23-12)25-10-7-19(8-11-25)16(21)13-4-2-3-5-14(13)24-19;/h2-6,9,16,24H,7-8,10-11,21H2,1H3;1H/t16-;/m1./s1. The van der Waals surface area contributed by atoms with Crippen molar-refractivity contribution >= 4 is 45.4 Å². The zero-order valence-electron chi connectivity index (χ0n) is 15.0. The number of nitrogens with zero attached hydrogens (tertiary/aromatic N) is 4. The molecule has 2 aliphatic heterocycles. The lowest BCUT2D eigenvalue weighted by Gasteiger charge is -2.43. The summed E-state index contributed by atoms with van der Waals surface area (Å²) in [7, 11) is 0. The molecule has 8 heteroatoms. The molecule has 3 N–H and O–H groups in total. The van der Waals surface area contributed by atoms with Gasteiger partial charge >= 0.3 is 0 Å². The van der Waals surface area contributed by atoms with E-state index in [1.165, 1.54) is 11.3 Å². The van der Waals surface area contributed by atoms with Crippen molar-refractivity contribution in [2.24, 2.45) is 5.73 Å². The van der Waals surface area contributed by atoms with E-state index in [4.69, 9.17) is 10.7 Å². The van der Waals surface area contributed by atoms with Crippen LogP contribution in [0.5, 0.6) is 0 Å². The molecule has 5 rings (SSSR count). The average Bonchev–Trinajstić information content (AvgIpc) is 3.24. The fourth-order valence-electron chi connectivity index (χ4n) is 4.36. The molecule has 0 unspecified atom stereocenters. The minimum absolute atomic E-state index is 0. The van der Waals surface area contributed by atoms with E-state index in [9.17, 15) is 0 Å². The molecule has 1 saturated heterocycles. The Kier molecular flexibility index (Phi) is 4.56. The highest BCUT2D eigenvalue weighted by molar-refractivity contribution is 9.10. The summed E-state index contributed by atoms with van der Waals surface area (Å²) in [5, 5.41) is 8.14. The van der Waals surface area contributed by atoms with E-state index in [-0.39, 0.29) is 24.0 Å². The third-order valence-electron chi connectivity index (χ3n) is 5.86. The third kappa shape index (κ3) is 2.71. The van der Waals surface area contributed by atoms with E-state index < -0.39 is 0 Å². The highest BCUT2D eigenvalue weighted by atomic mass is 79.9. The molecule has 142 valence electrons. The number of hydrogen-bond donors (Lipinski definition) is 2. The Morgan fingerprint density at radius 2 is 1.96 bits per heavy atom. The van der Waals surface area contributed by atoms with Crippen molar-refractivity contribution in [3.63, 3.8) is 0 Å². The molecule has 1 fully saturated rings. The van der Waals surface area contributed by atoms with E-state index in [1.807, 2.05) is 23.7 Å². The molecule has 2 aliphatic rings. The summed E-state index contributed by atoms with van der Waals surface area (Å²) in [6.45, 7) is 3.85. The van der Waals surface area contributed by atoms with Crippen molar-refractivity contribution in [3.8, 4) is 0 Å². The first-order chi connectivity index (χ1) is 12.6. The number of halogens is 2. The van der Waals surface area contributed by atoms with E-state index in [0.717, 1.165) is 47.6 Å². The number of nitrogens with one attached hydrogen (secondary N) is 1. The van der Waals surface area contributed by atoms with Crippen LogP contribution in [0.3, 0.4) is 0 Å². The van der Waals surface area contributed by atoms with Gasteiger partial charge in [-0.2, -0.15) is 5.10 Å². The fraction of sp³-hybridized carbons (Fsp3) is 0.368. The monoisotopic (exact) mass is 448 g/mol. The van der Waals surface area contributed by atoms with Crippen LogP contribution in [0.25, 0.3) is 5.52 Å². The van der Waals surface area contributed by atoms with E-state index in [2.05, 4.69) is 55.5 Å². The van der Waals surface area contributed by atoms with Gasteiger partial charge in [0.05, 0.1) is 23.5 Å². The van der Waals surface area contributed by atoms with Gasteiger partial charge in [-0.25, -0.2) is 9.50 Å². The van der Waals surface area contributed by atoms with Crippen molar-refractivity contribution in [2.45, 2.75) is 31.3 Å². The Labute approximate surface area is 172 Å². The van der Waals surface area contributed by atoms with Gasteiger partial charge in [-0.05, 0) is 53.4 Å². The molecule has 2 aromatic heterocycles. The summed E-state index contributed by atoms with van der Waals surface area (Å²) in [6, 6.07) is 10.5. The molecule has 0 radical (unpaired) electrons. The Balaban J connectivity index is 0.00000180. The summed E-state index contributed by atoms with van der Waals surface area (Å²) < 4.78 is 2.82. The number of fused-ring (bicyclic) bond motifs is 2. The summed E-state index contributed by atoms with van der Waals surface area (Å²) >= 11 is 3.58. The Morgan fingerprint density at radius 1 is 1.22 bits per heavy atom. The molecule has 6 nitrogen and oxygen atoms in total. The van der Waals surface area contributed by atoms with Crippen molar-refractivity contribution in [1.29, 1.82) is 0 Å². The molecule has 4 heterocycles. The molecule has 1 atom stereocenters. The van der Waals surface area contributed by atoms with E-state index >= 15 is 0 Å². The van der Waals surface area contributed by atoms with Gasteiger partial charge < -0.3 is 16.0 Å². The number of aryl methyl sites for hydroxylation is 1. The van der Waals surface area contributed by atoms with Crippen molar-refractivity contribution in [2.75, 3.05) is 23.3 Å². The van der Waals surface area contributed by atoms with Gasteiger partial charge in [-0.15, -0.1) is 12.4 Å². The maximum atomic E-state index is 6.64. The van der Waals surface area contributed by atoms with Crippen LogP contribution < -0.4 is 16.0 Å². The molecule has 0 saturated carbocycles. The molecule has 1 spiro atoms. The quantitative estimate of drug-likeness (QED) is 0.593. The van der Waals surface area contributed by atoms with E-state index in [0.29, 0.717) is 0 Å². The Morgan fingerprint density at radius 3 is 2.70 bits per heavy atom. The van der Waals surface area contributed by atoms with Gasteiger partial charge in [0, 0.05) is 18.8 Å². The van der Waals surface area contributed by atoms with Crippen molar-refractivity contribution in [3.05, 3.63) is 52.4 Å². The second-order valence-corrected chi connectivity index (χ2v) is 8.02. The van der Waals surface area contributed by atoms with Crippen molar-refractivity contribution < 1.29 is 0 Å². The number of rotatable bonds is 1. The highest BCUT2D eigenvalue weighted by Gasteiger charge is 2.46. The summed E-state index contributed by atoms with van der Waals surface area (Å²) in [6.07, 6.45) is 3.79. The maximum Gasteiger partial charge on any atom is 0.155 e. The van der Waals surface area contributed by atoms with Gasteiger partial charge in [-0.1, -0.05) is 18.2 Å². The first-order valence-corrected chi connectivity index (χ1v) is 9.76. The zero-order chi connectivity index (χ0) is 17.9. The lowest BCUT2D eigenvalue weighted by Crippen LogP contribution is -2.52. The normalized spacial score (nSPS) is 20.4. The largest absolute Gasteiger partial charge is 0.377 e. The van der Waals surface area contributed by atoms with Gasteiger partial charge in [0.25, 0.3) is 0 Å². The maximum absolute atomic E-state index is 6.64. The lowest BCUT2D eigenvalue weighted by molar-refractivity contribution is 0.322. The number of aromatic nitrogens is 3. The van der Waals surface area contributed by atoms with Gasteiger partial charge in [0.15, 0.2) is 5.82 Å². The van der Waals surface area contributed by atoms with Gasteiger partial charge in [-0.3, -0.25) is 0 Å². The minimum atomic E-state index is -0.0544. The van der Waals surface area contributed by atoms with Crippen LogP contribution >= 0.6 is 28.3 Å². The lowest BCUT2D eigenvalue weighted by atomic mass is 9.81. The van der Waals surface area contributed by atoms with Crippen LogP contribution in [0.1, 0.15) is 30.1 Å². The summed E-state index contributed by atoms with van der Waals surface area (Å²) in [5.41, 5.74) is 11.0. The SMILES string of the molecule is Cc1nc(N2CCC3(CC2)Nc2ccccc2[C@H]3N)c2ccnn2c1Br.Cl. The number of para-hydroxylation sites is 1. The number of hydrogen-bond acceptors (Lipinski definition) is 5. The summed E-state index contributed by atoms with van der Waals surface area (Å²) in [5.74, 6) is 1.00. The third-order valence-corrected chi connectivity index (χ3v) is 6.77. The fourth-order valence-corrected chi connectivity index (χ4v) is 4.73. The summed E-state index contributed by atoms with van der Waals surface area (Å²) in [4.78, 5) is 7.20. The number of piperidine rings is 1. The van der Waals surface area contributed by atoms with E-state index in [1.54, 1.807) is 0 Å². The predicted octanol–water partition coefficient (Wildman–Crippen LogP) is 3.69. The predicted molar refractivity (Wildman–Crippen MR) is 114 cm³/mol.